The number of para-hydroxylation sites is 2. The number of fused-ring (bicyclic) bond motifs is 3. The summed E-state index contributed by atoms with van der Waals surface area (Å²) in [6.07, 6.45) is 1.14. The minimum atomic E-state index is 0.528. The second kappa shape index (κ2) is 6.29. The molecule has 3 aromatic carbocycles. The Kier molecular flexibility index (Phi) is 3.96. The van der Waals surface area contributed by atoms with Gasteiger partial charge in [0.1, 0.15) is 0 Å². The highest BCUT2D eigenvalue weighted by atomic mass is 15.1. The van der Waals surface area contributed by atoms with Gasteiger partial charge in [-0.05, 0) is 49.7 Å². The van der Waals surface area contributed by atoms with E-state index in [-0.39, 0.29) is 0 Å². The van der Waals surface area contributed by atoms with E-state index in [2.05, 4.69) is 103 Å². The third kappa shape index (κ3) is 2.58. The standard InChI is InChI=1S/C23H24N2/c1-4-17(2)24(3)19-14-15-23-21(16-19)20-12-8-9-13-22(20)25(23)18-10-6-5-7-11-18/h5-17H,4H2,1-3H3. The molecule has 0 radical (unpaired) electrons. The lowest BCUT2D eigenvalue weighted by molar-refractivity contribution is 0.664. The summed E-state index contributed by atoms with van der Waals surface area (Å²) in [5, 5.41) is 2.62. The molecule has 0 aliphatic rings. The Bertz CT molecular complexity index is 1010. The molecule has 0 aliphatic heterocycles. The van der Waals surface area contributed by atoms with Gasteiger partial charge in [0.15, 0.2) is 0 Å². The Morgan fingerprint density at radius 1 is 0.840 bits per heavy atom. The molecule has 2 nitrogen and oxygen atoms in total. The van der Waals surface area contributed by atoms with Crippen LogP contribution in [0.15, 0.2) is 72.8 Å². The van der Waals surface area contributed by atoms with Crippen molar-refractivity contribution >= 4 is 27.5 Å². The number of hydrogen-bond acceptors (Lipinski definition) is 1. The number of nitrogens with zero attached hydrogens (tertiary/aromatic N) is 2. The van der Waals surface area contributed by atoms with E-state index in [0.717, 1.165) is 6.42 Å². The molecule has 0 amide bonds. The van der Waals surface area contributed by atoms with Crippen LogP contribution in [0.5, 0.6) is 0 Å². The summed E-state index contributed by atoms with van der Waals surface area (Å²) in [5.74, 6) is 0. The Hall–Kier alpha value is -2.74. The molecule has 4 aromatic rings. The van der Waals surface area contributed by atoms with Gasteiger partial charge in [0, 0.05) is 35.2 Å². The topological polar surface area (TPSA) is 8.17 Å². The molecule has 0 aliphatic carbocycles. The highest BCUT2D eigenvalue weighted by molar-refractivity contribution is 6.10. The molecule has 25 heavy (non-hydrogen) atoms. The first kappa shape index (κ1) is 15.8. The molecule has 1 unspecified atom stereocenters. The van der Waals surface area contributed by atoms with E-state index in [1.54, 1.807) is 0 Å². The van der Waals surface area contributed by atoms with E-state index in [0.29, 0.717) is 6.04 Å². The number of hydrogen-bond donors (Lipinski definition) is 0. The Morgan fingerprint density at radius 3 is 2.28 bits per heavy atom. The molecule has 1 aromatic heterocycles. The van der Waals surface area contributed by atoms with Gasteiger partial charge in [-0.1, -0.05) is 43.3 Å². The lowest BCUT2D eigenvalue weighted by Gasteiger charge is -2.26. The fourth-order valence-electron chi connectivity index (χ4n) is 3.56. The van der Waals surface area contributed by atoms with Crippen LogP contribution in [0.4, 0.5) is 5.69 Å². The second-order valence-corrected chi connectivity index (χ2v) is 6.76. The number of aromatic nitrogens is 1. The normalized spacial score (nSPS) is 12.6. The Morgan fingerprint density at radius 2 is 1.52 bits per heavy atom. The molecule has 0 saturated heterocycles. The highest BCUT2D eigenvalue weighted by Crippen LogP contribution is 2.34. The number of anilines is 1. The van der Waals surface area contributed by atoms with Crippen LogP contribution in [0.2, 0.25) is 0 Å². The van der Waals surface area contributed by atoms with Gasteiger partial charge in [-0.25, -0.2) is 0 Å². The summed E-state index contributed by atoms with van der Waals surface area (Å²) in [6, 6.07) is 26.7. The van der Waals surface area contributed by atoms with Crippen LogP contribution in [0.25, 0.3) is 27.5 Å². The zero-order valence-electron chi connectivity index (χ0n) is 15.1. The summed E-state index contributed by atoms with van der Waals surface area (Å²) < 4.78 is 2.36. The van der Waals surface area contributed by atoms with Crippen LogP contribution in [0.1, 0.15) is 20.3 Å². The SMILES string of the molecule is CCC(C)N(C)c1ccc2c(c1)c1ccccc1n2-c1ccccc1. The van der Waals surface area contributed by atoms with Gasteiger partial charge in [-0.15, -0.1) is 0 Å². The number of rotatable bonds is 4. The number of benzene rings is 3. The van der Waals surface area contributed by atoms with Gasteiger partial charge in [0.2, 0.25) is 0 Å². The van der Waals surface area contributed by atoms with Gasteiger partial charge < -0.3 is 9.47 Å². The lowest BCUT2D eigenvalue weighted by Crippen LogP contribution is -2.27. The lowest BCUT2D eigenvalue weighted by atomic mass is 10.1. The zero-order valence-corrected chi connectivity index (χ0v) is 15.1. The average molecular weight is 328 g/mol. The van der Waals surface area contributed by atoms with Crippen molar-refractivity contribution in [2.24, 2.45) is 0 Å². The fourth-order valence-corrected chi connectivity index (χ4v) is 3.56. The van der Waals surface area contributed by atoms with E-state index in [4.69, 9.17) is 0 Å². The fraction of sp³-hybridized carbons (Fsp3) is 0.217. The maximum absolute atomic E-state index is 2.37. The average Bonchev–Trinajstić information content (AvgIpc) is 3.01. The molecule has 0 saturated carbocycles. The molecule has 1 heterocycles. The molecule has 0 spiro atoms. The Balaban J connectivity index is 2.00. The first-order valence-electron chi connectivity index (χ1n) is 9.02. The van der Waals surface area contributed by atoms with Crippen LogP contribution in [-0.4, -0.2) is 17.7 Å². The first-order valence-corrected chi connectivity index (χ1v) is 9.02. The van der Waals surface area contributed by atoms with E-state index in [9.17, 15) is 0 Å². The van der Waals surface area contributed by atoms with Crippen molar-refractivity contribution in [2.45, 2.75) is 26.3 Å². The van der Waals surface area contributed by atoms with Gasteiger partial charge in [0.25, 0.3) is 0 Å². The summed E-state index contributed by atoms with van der Waals surface area (Å²) >= 11 is 0. The highest BCUT2D eigenvalue weighted by Gasteiger charge is 2.14. The molecular weight excluding hydrogens is 304 g/mol. The van der Waals surface area contributed by atoms with E-state index >= 15 is 0 Å². The summed E-state index contributed by atoms with van der Waals surface area (Å²) in [7, 11) is 2.19. The summed E-state index contributed by atoms with van der Waals surface area (Å²) in [4.78, 5) is 2.37. The van der Waals surface area contributed by atoms with Crippen LogP contribution in [0, 0.1) is 0 Å². The van der Waals surface area contributed by atoms with Crippen molar-refractivity contribution in [2.75, 3.05) is 11.9 Å². The molecule has 2 heteroatoms. The largest absolute Gasteiger partial charge is 0.372 e. The van der Waals surface area contributed by atoms with Crippen molar-refractivity contribution in [1.82, 2.24) is 4.57 Å². The second-order valence-electron chi connectivity index (χ2n) is 6.76. The molecular formula is C23H24N2. The molecule has 0 bridgehead atoms. The van der Waals surface area contributed by atoms with Gasteiger partial charge >= 0.3 is 0 Å². The minimum Gasteiger partial charge on any atom is -0.372 e. The predicted molar refractivity (Wildman–Crippen MR) is 109 cm³/mol. The van der Waals surface area contributed by atoms with Crippen LogP contribution in [-0.2, 0) is 0 Å². The van der Waals surface area contributed by atoms with E-state index in [1.807, 2.05) is 0 Å². The van der Waals surface area contributed by atoms with Crippen molar-refractivity contribution < 1.29 is 0 Å². The first-order chi connectivity index (χ1) is 12.2. The van der Waals surface area contributed by atoms with Crippen molar-refractivity contribution in [3.05, 3.63) is 72.8 Å². The maximum atomic E-state index is 2.37. The van der Waals surface area contributed by atoms with Crippen LogP contribution < -0.4 is 4.90 Å². The Labute approximate surface area is 149 Å². The zero-order chi connectivity index (χ0) is 17.4. The maximum Gasteiger partial charge on any atom is 0.0542 e. The van der Waals surface area contributed by atoms with Crippen molar-refractivity contribution in [1.29, 1.82) is 0 Å². The summed E-state index contributed by atoms with van der Waals surface area (Å²) in [5.41, 5.74) is 5.00. The third-order valence-electron chi connectivity index (χ3n) is 5.33. The van der Waals surface area contributed by atoms with E-state index < -0.39 is 0 Å². The van der Waals surface area contributed by atoms with E-state index in [1.165, 1.54) is 33.2 Å². The smallest absolute Gasteiger partial charge is 0.0542 e. The molecule has 1 atom stereocenters. The molecule has 0 fully saturated rings. The third-order valence-corrected chi connectivity index (χ3v) is 5.33. The van der Waals surface area contributed by atoms with Gasteiger partial charge in [-0.2, -0.15) is 0 Å². The molecule has 126 valence electrons. The van der Waals surface area contributed by atoms with Crippen molar-refractivity contribution in [3.63, 3.8) is 0 Å². The van der Waals surface area contributed by atoms with Gasteiger partial charge in [-0.3, -0.25) is 0 Å². The van der Waals surface area contributed by atoms with Crippen LogP contribution >= 0.6 is 0 Å². The molecule has 0 N–H and O–H groups in total. The minimum absolute atomic E-state index is 0.528. The monoisotopic (exact) mass is 328 g/mol. The quantitative estimate of drug-likeness (QED) is 0.445. The van der Waals surface area contributed by atoms with Crippen molar-refractivity contribution in [3.8, 4) is 5.69 Å². The predicted octanol–water partition coefficient (Wildman–Crippen LogP) is 6.02. The molecule has 4 rings (SSSR count). The summed E-state index contributed by atoms with van der Waals surface area (Å²) in [6.45, 7) is 4.51. The van der Waals surface area contributed by atoms with Gasteiger partial charge in [0.05, 0.1) is 11.0 Å². The van der Waals surface area contributed by atoms with Crippen LogP contribution in [0.3, 0.4) is 0 Å².